The Morgan fingerprint density at radius 2 is 2.00 bits per heavy atom. The van der Waals surface area contributed by atoms with E-state index in [1.54, 1.807) is 0 Å². The van der Waals surface area contributed by atoms with Gasteiger partial charge in [0, 0.05) is 0 Å². The molecule has 7 heteroatoms. The highest BCUT2D eigenvalue weighted by molar-refractivity contribution is 7.89. The number of hydrogen-bond acceptors (Lipinski definition) is 3. The van der Waals surface area contributed by atoms with E-state index in [1.165, 1.54) is 6.07 Å². The molecular weight excluding hydrogens is 281 g/mol. The molecule has 100 valence electrons. The first-order chi connectivity index (χ1) is 8.49. The van der Waals surface area contributed by atoms with Gasteiger partial charge in [-0.1, -0.05) is 29.3 Å². The van der Waals surface area contributed by atoms with Gasteiger partial charge in [0.25, 0.3) is 10.0 Å². The molecule has 1 aliphatic carbocycles. The van der Waals surface area contributed by atoms with Crippen LogP contribution < -0.4 is 4.89 Å². The first-order valence-electron chi connectivity index (χ1n) is 5.61. The molecule has 0 heterocycles. The standard InChI is InChI=1S/C11H13ClFNO3S/c12-10-6-5-8(13)7-11(10)18(15,16)14-17-9-3-1-2-4-9/h5-7,9,14H,1-4H2. The Morgan fingerprint density at radius 1 is 1.33 bits per heavy atom. The number of halogens is 2. The molecule has 0 spiro atoms. The molecule has 18 heavy (non-hydrogen) atoms. The van der Waals surface area contributed by atoms with Crippen molar-refractivity contribution < 1.29 is 17.6 Å². The predicted octanol–water partition coefficient (Wildman–Crippen LogP) is 2.63. The maximum absolute atomic E-state index is 13.0. The maximum Gasteiger partial charge on any atom is 0.264 e. The number of nitrogens with one attached hydrogen (secondary N) is 1. The van der Waals surface area contributed by atoms with Crippen molar-refractivity contribution in [2.24, 2.45) is 0 Å². The lowest BCUT2D eigenvalue weighted by molar-refractivity contribution is 0.0223. The molecule has 0 amide bonds. The van der Waals surface area contributed by atoms with Gasteiger partial charge in [-0.3, -0.25) is 4.84 Å². The minimum Gasteiger partial charge on any atom is -0.284 e. The Morgan fingerprint density at radius 3 is 2.67 bits per heavy atom. The van der Waals surface area contributed by atoms with E-state index in [1.807, 2.05) is 4.89 Å². The topological polar surface area (TPSA) is 55.4 Å². The van der Waals surface area contributed by atoms with Crippen LogP contribution in [-0.2, 0) is 14.9 Å². The van der Waals surface area contributed by atoms with Crippen LogP contribution in [0.1, 0.15) is 25.7 Å². The molecular formula is C11H13ClFNO3S. The lowest BCUT2D eigenvalue weighted by Gasteiger charge is -2.12. The van der Waals surface area contributed by atoms with Gasteiger partial charge in [0.15, 0.2) is 0 Å². The Balaban J connectivity index is 2.12. The second-order valence-corrected chi connectivity index (χ2v) is 6.21. The molecule has 0 unspecified atom stereocenters. The van der Waals surface area contributed by atoms with Crippen molar-refractivity contribution in [1.82, 2.24) is 4.89 Å². The molecule has 0 atom stereocenters. The van der Waals surface area contributed by atoms with Gasteiger partial charge in [0.2, 0.25) is 0 Å². The fourth-order valence-electron chi connectivity index (χ4n) is 1.87. The third-order valence-electron chi connectivity index (χ3n) is 2.81. The molecule has 1 fully saturated rings. The molecule has 0 aliphatic heterocycles. The van der Waals surface area contributed by atoms with Crippen molar-refractivity contribution in [3.8, 4) is 0 Å². The van der Waals surface area contributed by atoms with Crippen LogP contribution >= 0.6 is 11.6 Å². The zero-order valence-electron chi connectivity index (χ0n) is 9.53. The first-order valence-corrected chi connectivity index (χ1v) is 7.48. The van der Waals surface area contributed by atoms with Gasteiger partial charge in [-0.25, -0.2) is 12.8 Å². The average Bonchev–Trinajstić information content (AvgIpc) is 2.83. The third kappa shape index (κ3) is 3.20. The molecule has 1 saturated carbocycles. The van der Waals surface area contributed by atoms with E-state index >= 15 is 0 Å². The van der Waals surface area contributed by atoms with Gasteiger partial charge in [0.1, 0.15) is 10.7 Å². The largest absolute Gasteiger partial charge is 0.284 e. The molecule has 0 bridgehead atoms. The molecule has 1 aromatic rings. The van der Waals surface area contributed by atoms with Gasteiger partial charge < -0.3 is 0 Å². The Bertz CT molecular complexity index is 529. The summed E-state index contributed by atoms with van der Waals surface area (Å²) < 4.78 is 36.8. The van der Waals surface area contributed by atoms with E-state index < -0.39 is 15.8 Å². The van der Waals surface area contributed by atoms with Gasteiger partial charge in [-0.15, -0.1) is 0 Å². The summed E-state index contributed by atoms with van der Waals surface area (Å²) >= 11 is 5.73. The van der Waals surface area contributed by atoms with Crippen LogP contribution in [-0.4, -0.2) is 14.5 Å². The van der Waals surface area contributed by atoms with Gasteiger partial charge >= 0.3 is 0 Å². The summed E-state index contributed by atoms with van der Waals surface area (Å²) in [6.45, 7) is 0. The molecule has 1 aliphatic rings. The molecule has 0 radical (unpaired) electrons. The Kier molecular flexibility index (Phi) is 4.21. The quantitative estimate of drug-likeness (QED) is 0.868. The number of sulfonamides is 1. The summed E-state index contributed by atoms with van der Waals surface area (Å²) in [5.74, 6) is -0.666. The van der Waals surface area contributed by atoms with Crippen molar-refractivity contribution in [2.45, 2.75) is 36.7 Å². The summed E-state index contributed by atoms with van der Waals surface area (Å²) in [6, 6.07) is 3.16. The van der Waals surface area contributed by atoms with E-state index in [0.29, 0.717) is 0 Å². The van der Waals surface area contributed by atoms with E-state index in [-0.39, 0.29) is 16.0 Å². The Hall–Kier alpha value is -0.690. The smallest absolute Gasteiger partial charge is 0.264 e. The maximum atomic E-state index is 13.0. The third-order valence-corrected chi connectivity index (χ3v) is 4.48. The summed E-state index contributed by atoms with van der Waals surface area (Å²) in [6.07, 6.45) is 3.56. The van der Waals surface area contributed by atoms with Crippen molar-refractivity contribution >= 4 is 21.6 Å². The number of benzene rings is 1. The van der Waals surface area contributed by atoms with Crippen LogP contribution in [0.3, 0.4) is 0 Å². The lowest BCUT2D eigenvalue weighted by atomic mass is 10.3. The SMILES string of the molecule is O=S(=O)(NOC1CCCC1)c1cc(F)ccc1Cl. The first kappa shape index (κ1) is 13.7. The number of rotatable bonds is 4. The molecule has 4 nitrogen and oxygen atoms in total. The second kappa shape index (κ2) is 5.52. The minimum atomic E-state index is -3.95. The summed E-state index contributed by atoms with van der Waals surface area (Å²) in [5.41, 5.74) is 0. The fraction of sp³-hybridized carbons (Fsp3) is 0.455. The minimum absolute atomic E-state index is 0.0427. The van der Waals surface area contributed by atoms with Crippen LogP contribution in [0, 0.1) is 5.82 Å². The van der Waals surface area contributed by atoms with Crippen molar-refractivity contribution in [2.75, 3.05) is 0 Å². The van der Waals surface area contributed by atoms with Gasteiger partial charge in [-0.2, -0.15) is 0 Å². The van der Waals surface area contributed by atoms with Gasteiger partial charge in [-0.05, 0) is 31.0 Å². The molecule has 1 N–H and O–H groups in total. The highest BCUT2D eigenvalue weighted by Crippen LogP contribution is 2.24. The summed E-state index contributed by atoms with van der Waals surface area (Å²) in [4.78, 5) is 6.79. The van der Waals surface area contributed by atoms with Crippen LogP contribution in [0.25, 0.3) is 0 Å². The van der Waals surface area contributed by atoms with E-state index in [2.05, 4.69) is 0 Å². The van der Waals surface area contributed by atoms with Crippen molar-refractivity contribution in [3.63, 3.8) is 0 Å². The average molecular weight is 294 g/mol. The predicted molar refractivity (Wildman–Crippen MR) is 65.1 cm³/mol. The summed E-state index contributed by atoms with van der Waals surface area (Å²) in [7, 11) is -3.95. The number of hydrogen-bond donors (Lipinski definition) is 1. The Labute approximate surface area is 110 Å². The van der Waals surface area contributed by atoms with E-state index in [0.717, 1.165) is 37.8 Å². The van der Waals surface area contributed by atoms with Gasteiger partial charge in [0.05, 0.1) is 11.1 Å². The molecule has 0 aromatic heterocycles. The van der Waals surface area contributed by atoms with Crippen LogP contribution in [0.4, 0.5) is 4.39 Å². The second-order valence-electron chi connectivity index (χ2n) is 4.19. The molecule has 2 rings (SSSR count). The molecule has 1 aromatic carbocycles. The van der Waals surface area contributed by atoms with Crippen LogP contribution in [0.5, 0.6) is 0 Å². The zero-order chi connectivity index (χ0) is 13.2. The van der Waals surface area contributed by atoms with Crippen LogP contribution in [0.15, 0.2) is 23.1 Å². The highest BCUT2D eigenvalue weighted by atomic mass is 35.5. The molecule has 0 saturated heterocycles. The fourth-order valence-corrected chi connectivity index (χ4v) is 3.23. The monoisotopic (exact) mass is 293 g/mol. The van der Waals surface area contributed by atoms with Crippen LogP contribution in [0.2, 0.25) is 5.02 Å². The summed E-state index contributed by atoms with van der Waals surface area (Å²) in [5, 5.41) is -0.0427. The van der Waals surface area contributed by atoms with Crippen molar-refractivity contribution in [1.29, 1.82) is 0 Å². The van der Waals surface area contributed by atoms with E-state index in [9.17, 15) is 12.8 Å². The lowest BCUT2D eigenvalue weighted by Crippen LogP contribution is -2.28. The highest BCUT2D eigenvalue weighted by Gasteiger charge is 2.22. The van der Waals surface area contributed by atoms with E-state index in [4.69, 9.17) is 16.4 Å². The van der Waals surface area contributed by atoms with Crippen molar-refractivity contribution in [3.05, 3.63) is 29.0 Å². The normalized spacial score (nSPS) is 17.2. The zero-order valence-corrected chi connectivity index (χ0v) is 11.1.